The van der Waals surface area contributed by atoms with Gasteiger partial charge in [-0.15, -0.1) is 0 Å². The maximum Gasteiger partial charge on any atom is 0.252 e. The molecule has 156 valence electrons. The van der Waals surface area contributed by atoms with E-state index >= 15 is 0 Å². The van der Waals surface area contributed by atoms with Crippen molar-refractivity contribution >= 4 is 16.9 Å². The quantitative estimate of drug-likeness (QED) is 0.675. The van der Waals surface area contributed by atoms with Crippen LogP contribution in [0.1, 0.15) is 40.5 Å². The molecule has 1 aliphatic heterocycles. The third kappa shape index (κ3) is 3.80. The SMILES string of the molecule is Cc1nn(-c2ccccn2)c2nc(C3CC3)cc(C(=O)NCCN3CCOCC3)c12. The van der Waals surface area contributed by atoms with Gasteiger partial charge in [0.05, 0.1) is 29.9 Å². The summed E-state index contributed by atoms with van der Waals surface area (Å²) in [5, 5.41) is 8.57. The number of amides is 1. The summed E-state index contributed by atoms with van der Waals surface area (Å²) in [5.41, 5.74) is 3.11. The number of aryl methyl sites for hydroxylation is 1. The molecule has 8 heteroatoms. The van der Waals surface area contributed by atoms with Crippen molar-refractivity contribution in [3.05, 3.63) is 47.4 Å². The molecule has 2 fully saturated rings. The molecular weight excluding hydrogens is 380 g/mol. The summed E-state index contributed by atoms with van der Waals surface area (Å²) in [6.07, 6.45) is 3.97. The minimum absolute atomic E-state index is 0.0683. The van der Waals surface area contributed by atoms with Crippen molar-refractivity contribution in [2.45, 2.75) is 25.7 Å². The van der Waals surface area contributed by atoms with Gasteiger partial charge in [-0.3, -0.25) is 9.69 Å². The molecule has 0 bridgehead atoms. The first-order valence-electron chi connectivity index (χ1n) is 10.6. The molecule has 2 aliphatic rings. The van der Waals surface area contributed by atoms with Crippen LogP contribution in [0, 0.1) is 6.92 Å². The van der Waals surface area contributed by atoms with Gasteiger partial charge in [-0.1, -0.05) is 6.07 Å². The van der Waals surface area contributed by atoms with Crippen molar-refractivity contribution in [1.29, 1.82) is 0 Å². The molecule has 1 saturated carbocycles. The highest BCUT2D eigenvalue weighted by molar-refractivity contribution is 6.06. The van der Waals surface area contributed by atoms with Crippen LogP contribution in [0.2, 0.25) is 0 Å². The summed E-state index contributed by atoms with van der Waals surface area (Å²) in [7, 11) is 0. The monoisotopic (exact) mass is 406 g/mol. The molecule has 1 N–H and O–H groups in total. The summed E-state index contributed by atoms with van der Waals surface area (Å²) in [6, 6.07) is 7.66. The number of aromatic nitrogens is 4. The fourth-order valence-electron chi connectivity index (χ4n) is 3.96. The number of carbonyl (C=O) groups excluding carboxylic acids is 1. The highest BCUT2D eigenvalue weighted by Gasteiger charge is 2.29. The lowest BCUT2D eigenvalue weighted by Crippen LogP contribution is -2.41. The van der Waals surface area contributed by atoms with Crippen molar-refractivity contribution < 1.29 is 9.53 Å². The zero-order chi connectivity index (χ0) is 20.5. The van der Waals surface area contributed by atoms with E-state index in [1.54, 1.807) is 10.9 Å². The first kappa shape index (κ1) is 19.1. The number of rotatable bonds is 6. The van der Waals surface area contributed by atoms with Gasteiger partial charge in [0.2, 0.25) is 0 Å². The summed E-state index contributed by atoms with van der Waals surface area (Å²) in [5.74, 6) is 1.07. The number of morpholine rings is 1. The first-order chi connectivity index (χ1) is 14.7. The average molecular weight is 406 g/mol. The summed E-state index contributed by atoms with van der Waals surface area (Å²) in [4.78, 5) is 24.8. The maximum absolute atomic E-state index is 13.2. The maximum atomic E-state index is 13.2. The Morgan fingerprint density at radius 3 is 2.83 bits per heavy atom. The Morgan fingerprint density at radius 2 is 2.10 bits per heavy atom. The molecule has 1 saturated heterocycles. The Kier molecular flexibility index (Phi) is 5.18. The van der Waals surface area contributed by atoms with Gasteiger partial charge in [-0.25, -0.2) is 9.97 Å². The lowest BCUT2D eigenvalue weighted by molar-refractivity contribution is 0.0383. The van der Waals surface area contributed by atoms with Gasteiger partial charge < -0.3 is 10.1 Å². The highest BCUT2D eigenvalue weighted by Crippen LogP contribution is 2.40. The van der Waals surface area contributed by atoms with E-state index in [9.17, 15) is 4.79 Å². The second-order valence-corrected chi connectivity index (χ2v) is 7.96. The van der Waals surface area contributed by atoms with Crippen LogP contribution in [0.5, 0.6) is 0 Å². The Morgan fingerprint density at radius 1 is 1.27 bits per heavy atom. The van der Waals surface area contributed by atoms with Crippen LogP contribution in [0.3, 0.4) is 0 Å². The van der Waals surface area contributed by atoms with E-state index < -0.39 is 0 Å². The summed E-state index contributed by atoms with van der Waals surface area (Å²) < 4.78 is 7.14. The molecule has 0 unspecified atom stereocenters. The minimum Gasteiger partial charge on any atom is -0.379 e. The second-order valence-electron chi connectivity index (χ2n) is 7.96. The topological polar surface area (TPSA) is 85.2 Å². The molecule has 8 nitrogen and oxygen atoms in total. The third-order valence-electron chi connectivity index (χ3n) is 5.76. The van der Waals surface area contributed by atoms with Crippen LogP contribution in [-0.4, -0.2) is 69.9 Å². The lowest BCUT2D eigenvalue weighted by atomic mass is 10.1. The fourth-order valence-corrected chi connectivity index (χ4v) is 3.96. The lowest BCUT2D eigenvalue weighted by Gasteiger charge is -2.26. The Labute approximate surface area is 175 Å². The third-order valence-corrected chi connectivity index (χ3v) is 5.76. The van der Waals surface area contributed by atoms with Gasteiger partial charge >= 0.3 is 0 Å². The largest absolute Gasteiger partial charge is 0.379 e. The fraction of sp³-hybridized carbons (Fsp3) is 0.455. The predicted molar refractivity (Wildman–Crippen MR) is 113 cm³/mol. The van der Waals surface area contributed by atoms with E-state index in [0.29, 0.717) is 29.5 Å². The molecule has 0 radical (unpaired) electrons. The zero-order valence-corrected chi connectivity index (χ0v) is 17.2. The molecule has 0 atom stereocenters. The summed E-state index contributed by atoms with van der Waals surface area (Å²) in [6.45, 7) is 6.70. The van der Waals surface area contributed by atoms with Gasteiger partial charge in [-0.2, -0.15) is 9.78 Å². The van der Waals surface area contributed by atoms with Gasteiger partial charge in [0.1, 0.15) is 0 Å². The van der Waals surface area contributed by atoms with Crippen LogP contribution in [0.15, 0.2) is 30.5 Å². The van der Waals surface area contributed by atoms with E-state index in [-0.39, 0.29) is 5.91 Å². The smallest absolute Gasteiger partial charge is 0.252 e. The van der Waals surface area contributed by atoms with Crippen molar-refractivity contribution in [1.82, 2.24) is 30.0 Å². The molecular formula is C22H26N6O2. The predicted octanol–water partition coefficient (Wildman–Crippen LogP) is 2.06. The van der Waals surface area contributed by atoms with Gasteiger partial charge in [0, 0.05) is 44.0 Å². The van der Waals surface area contributed by atoms with Gasteiger partial charge in [0.15, 0.2) is 11.5 Å². The molecule has 1 amide bonds. The number of ether oxygens (including phenoxy) is 1. The highest BCUT2D eigenvalue weighted by atomic mass is 16.5. The Hall–Kier alpha value is -2.84. The van der Waals surface area contributed by atoms with E-state index in [0.717, 1.165) is 62.5 Å². The van der Waals surface area contributed by atoms with Crippen molar-refractivity contribution in [2.24, 2.45) is 0 Å². The Balaban J connectivity index is 1.46. The molecule has 3 aromatic heterocycles. The van der Waals surface area contributed by atoms with E-state index in [1.807, 2.05) is 31.2 Å². The second kappa shape index (κ2) is 8.12. The number of hydrogen-bond donors (Lipinski definition) is 1. The van der Waals surface area contributed by atoms with E-state index in [4.69, 9.17) is 9.72 Å². The number of carbonyl (C=O) groups is 1. The Bertz CT molecular complexity index is 1050. The van der Waals surface area contributed by atoms with Crippen LogP contribution >= 0.6 is 0 Å². The molecule has 30 heavy (non-hydrogen) atoms. The molecule has 0 aromatic carbocycles. The molecule has 0 spiro atoms. The molecule has 3 aromatic rings. The standard InChI is InChI=1S/C22H26N6O2/c1-15-20-17(22(29)24-8-9-27-10-12-30-13-11-27)14-18(16-5-6-16)25-21(20)28(26-15)19-4-2-3-7-23-19/h2-4,7,14,16H,5-6,8-13H2,1H3,(H,24,29). The van der Waals surface area contributed by atoms with Crippen LogP contribution in [-0.2, 0) is 4.74 Å². The minimum atomic E-state index is -0.0683. The molecule has 5 rings (SSSR count). The number of nitrogens with zero attached hydrogens (tertiary/aromatic N) is 5. The average Bonchev–Trinajstić information content (AvgIpc) is 3.58. The number of pyridine rings is 2. The molecule has 1 aliphatic carbocycles. The van der Waals surface area contributed by atoms with Crippen LogP contribution in [0.25, 0.3) is 16.9 Å². The van der Waals surface area contributed by atoms with Gasteiger partial charge in [0.25, 0.3) is 5.91 Å². The van der Waals surface area contributed by atoms with Gasteiger partial charge in [-0.05, 0) is 38.0 Å². The van der Waals surface area contributed by atoms with Crippen LogP contribution < -0.4 is 5.32 Å². The van der Waals surface area contributed by atoms with E-state index in [2.05, 4.69) is 20.3 Å². The van der Waals surface area contributed by atoms with Crippen molar-refractivity contribution in [3.63, 3.8) is 0 Å². The summed E-state index contributed by atoms with van der Waals surface area (Å²) >= 11 is 0. The van der Waals surface area contributed by atoms with Crippen LogP contribution in [0.4, 0.5) is 0 Å². The number of nitrogens with one attached hydrogen (secondary N) is 1. The van der Waals surface area contributed by atoms with Crippen molar-refractivity contribution in [2.75, 3.05) is 39.4 Å². The number of hydrogen-bond acceptors (Lipinski definition) is 6. The zero-order valence-electron chi connectivity index (χ0n) is 17.2. The van der Waals surface area contributed by atoms with E-state index in [1.165, 1.54) is 0 Å². The first-order valence-corrected chi connectivity index (χ1v) is 10.6. The molecule has 4 heterocycles. The van der Waals surface area contributed by atoms with Crippen molar-refractivity contribution in [3.8, 4) is 5.82 Å². The normalized spacial score (nSPS) is 17.4. The number of fused-ring (bicyclic) bond motifs is 1.